The molecule has 0 bridgehead atoms. The number of hydrogen-bond acceptors (Lipinski definition) is 31. The van der Waals surface area contributed by atoms with Crippen LogP contribution in [-0.4, -0.2) is 201 Å². The van der Waals surface area contributed by atoms with Gasteiger partial charge in [0.25, 0.3) is 0 Å². The lowest BCUT2D eigenvalue weighted by Crippen LogP contribution is -2.37. The Morgan fingerprint density at radius 1 is 0.530 bits per heavy atom. The van der Waals surface area contributed by atoms with Gasteiger partial charge in [-0.2, -0.15) is 4.98 Å². The van der Waals surface area contributed by atoms with Crippen molar-refractivity contribution in [1.82, 2.24) is 59.8 Å². The Morgan fingerprint density at radius 3 is 1.39 bits per heavy atom. The summed E-state index contributed by atoms with van der Waals surface area (Å²) in [6, 6.07) is 5.21. The zero-order chi connectivity index (χ0) is 70.8. The summed E-state index contributed by atoms with van der Waals surface area (Å²) >= 11 is 7.75. The molecule has 0 spiro atoms. The van der Waals surface area contributed by atoms with Crippen LogP contribution in [-0.2, 0) is 18.9 Å². The number of fused-ring (bicyclic) bond motifs is 5. The average molecular weight is 1460 g/mol. The number of aliphatic hydroxyl groups excluding tert-OH is 6. The molecule has 0 radical (unpaired) electrons. The molecule has 14 atom stereocenters. The van der Waals surface area contributed by atoms with Crippen LogP contribution in [0.1, 0.15) is 94.0 Å². The minimum atomic E-state index is -1.16. The quantitative estimate of drug-likeness (QED) is 0.0204. The second-order valence-electron chi connectivity index (χ2n) is 27.3. The summed E-state index contributed by atoms with van der Waals surface area (Å²) in [5.41, 5.74) is 10.2. The summed E-state index contributed by atoms with van der Waals surface area (Å²) in [5.74, 6) is 1.06. The van der Waals surface area contributed by atoms with E-state index in [0.29, 0.717) is 35.1 Å². The lowest BCUT2D eigenvalue weighted by Gasteiger charge is -2.26. The molecule has 10 N–H and O–H groups in total. The molecule has 26 nitrogen and oxygen atoms in total. The highest BCUT2D eigenvalue weighted by atomic mass is 32.2. The van der Waals surface area contributed by atoms with Crippen molar-refractivity contribution in [2.75, 3.05) is 53.5 Å². The first kappa shape index (κ1) is 72.0. The monoisotopic (exact) mass is 1460 g/mol. The lowest BCUT2D eigenvalue weighted by molar-refractivity contribution is -0.162. The first-order valence-electron chi connectivity index (χ1n) is 33.6. The van der Waals surface area contributed by atoms with Crippen molar-refractivity contribution in [3.63, 3.8) is 0 Å². The highest BCUT2D eigenvalue weighted by molar-refractivity contribution is 7.98. The maximum absolute atomic E-state index is 10.7. The standard InChI is InChI=1S/C23H30N6O4S.C23H29N5O4S2.C23H27N5O2S2/c1-10-17(22-28-18-11(2)24-6-5-16(18)34-22)21(29-23(26-10)25-8-12-3-4-12)27-14-7-13(15(31)9-30)19(32)20(14)33;1-10-16(21-27-17-11(2)24-7-6-15(17)34-21)20(28-22(25-10)33-5)26-13-8-12(14(30)9-29)18-19(13)32-23(3,4)31-18;1-7-13-10-14(19-18(13)29-23(4,5)30-19)26-20-16(11(2)25-22(28-20)31-6)21-27-17-12(3)24-9-8-15(17)32-21/h5-6,12-15,19-20,30-33H,3-4,7-9H2,1-2H3,(H2,25,26,27,29);6-7,12-14,18-19,29-30H,8-9H2,1-5H3,(H,25,26,28);7-9,13-14,18-19H,1,10H2,2-6H3,(H,25,26,28)/t13-,14-,15?,19-,20+;12-,13-,14?,18-,19+;13-,14+,18+,19-/m110/s1. The molecular formula is C69H86N16O10S5. The number of pyridine rings is 3. The first-order chi connectivity index (χ1) is 47.8. The van der Waals surface area contributed by atoms with E-state index < -0.39 is 54.6 Å². The van der Waals surface area contributed by atoms with Gasteiger partial charge in [-0.1, -0.05) is 29.6 Å². The van der Waals surface area contributed by atoms with Gasteiger partial charge in [-0.3, -0.25) is 15.0 Å². The summed E-state index contributed by atoms with van der Waals surface area (Å²) in [6.07, 6.45) is 10.4. The molecule has 0 amide bonds. The number of nitrogens with one attached hydrogen (secondary N) is 4. The molecule has 0 aromatic carbocycles. The van der Waals surface area contributed by atoms with Crippen LogP contribution in [0.3, 0.4) is 0 Å². The van der Waals surface area contributed by atoms with Crippen LogP contribution in [0.5, 0.6) is 0 Å². The van der Waals surface area contributed by atoms with Gasteiger partial charge in [0.1, 0.15) is 67.3 Å². The van der Waals surface area contributed by atoms with E-state index in [9.17, 15) is 30.6 Å². The third-order valence-electron chi connectivity index (χ3n) is 19.3. The average Bonchev–Trinajstić information content (AvgIpc) is 1.60. The molecule has 6 fully saturated rings. The number of nitrogens with zero attached hydrogens (tertiary/aromatic N) is 12. The Hall–Kier alpha value is -6.40. The van der Waals surface area contributed by atoms with Crippen LogP contribution < -0.4 is 21.3 Å². The summed E-state index contributed by atoms with van der Waals surface area (Å²) in [5, 5.41) is 78.4. The highest BCUT2D eigenvalue weighted by Crippen LogP contribution is 2.48. The third kappa shape index (κ3) is 14.8. The fourth-order valence-electron chi connectivity index (χ4n) is 14.2. The second kappa shape index (κ2) is 29.4. The van der Waals surface area contributed by atoms with E-state index >= 15 is 0 Å². The molecule has 4 aliphatic carbocycles. The second-order valence-corrected chi connectivity index (χ2v) is 31.9. The topological polar surface area (TPSA) is 361 Å². The number of thiazole rings is 3. The minimum Gasteiger partial charge on any atom is -0.394 e. The molecule has 100 heavy (non-hydrogen) atoms. The van der Waals surface area contributed by atoms with Gasteiger partial charge in [-0.05, 0) is 138 Å². The maximum atomic E-state index is 10.7. The molecule has 6 aliphatic rings. The van der Waals surface area contributed by atoms with E-state index in [-0.39, 0.29) is 61.4 Å². The van der Waals surface area contributed by atoms with Gasteiger partial charge in [-0.15, -0.1) is 40.6 Å². The van der Waals surface area contributed by atoms with E-state index in [1.807, 2.05) is 112 Å². The van der Waals surface area contributed by atoms with Gasteiger partial charge in [0.15, 0.2) is 21.9 Å². The van der Waals surface area contributed by atoms with Gasteiger partial charge in [-0.25, -0.2) is 39.9 Å². The molecule has 532 valence electrons. The predicted octanol–water partition coefficient (Wildman–Crippen LogP) is 9.62. The smallest absolute Gasteiger partial charge is 0.224 e. The van der Waals surface area contributed by atoms with E-state index in [2.05, 4.69) is 52.8 Å². The van der Waals surface area contributed by atoms with Crippen LogP contribution in [0.4, 0.5) is 23.4 Å². The van der Waals surface area contributed by atoms with Crippen molar-refractivity contribution >= 4 is 112 Å². The number of anilines is 4. The molecule has 15 rings (SSSR count). The molecule has 2 unspecified atom stereocenters. The van der Waals surface area contributed by atoms with Crippen molar-refractivity contribution < 1.29 is 49.6 Å². The molecule has 2 saturated heterocycles. The fraction of sp³-hybridized carbons (Fsp3) is 0.536. The van der Waals surface area contributed by atoms with E-state index in [1.54, 1.807) is 35.1 Å². The number of thioether (sulfide) groups is 2. The van der Waals surface area contributed by atoms with Gasteiger partial charge in [0, 0.05) is 42.9 Å². The molecule has 4 saturated carbocycles. The number of aryl methyl sites for hydroxylation is 6. The zero-order valence-electron chi connectivity index (χ0n) is 57.8. The number of ether oxygens (including phenoxy) is 4. The number of rotatable bonds is 19. The van der Waals surface area contributed by atoms with Crippen molar-refractivity contribution in [3.8, 4) is 31.7 Å². The number of aromatic nitrogens is 12. The van der Waals surface area contributed by atoms with Crippen LogP contribution in [0, 0.1) is 65.2 Å². The summed E-state index contributed by atoms with van der Waals surface area (Å²) < 4.78 is 28.0. The van der Waals surface area contributed by atoms with E-state index in [4.69, 9.17) is 53.8 Å². The first-order valence-corrected chi connectivity index (χ1v) is 38.5. The number of hydrogen-bond donors (Lipinski definition) is 10. The Balaban J connectivity index is 0.000000134. The zero-order valence-corrected chi connectivity index (χ0v) is 61.9. The van der Waals surface area contributed by atoms with Crippen LogP contribution >= 0.6 is 57.5 Å². The van der Waals surface area contributed by atoms with Gasteiger partial charge >= 0.3 is 0 Å². The minimum absolute atomic E-state index is 0.0115. The molecule has 9 aromatic rings. The Morgan fingerprint density at radius 2 is 0.940 bits per heavy atom. The van der Waals surface area contributed by atoms with Crippen LogP contribution in [0.2, 0.25) is 0 Å². The summed E-state index contributed by atoms with van der Waals surface area (Å²) in [6.45, 7) is 23.4. The van der Waals surface area contributed by atoms with E-state index in [1.165, 1.54) is 47.7 Å². The SMILES string of the molecule is C=C[C@H]1C[C@@H](Nc2nc(SC)nc(C)c2-c2nc3c(C)nccc3s2)[C@@H]2OC(C)(C)O[C@@H]21.CSc1nc(C)c(-c2nc3c(C)nccc3s2)c(N[C@@H]2C[C@H](C(O)CO)[C@H]3OC(C)(C)O[C@H]32)n1.Cc1nc(NCC2CC2)nc(N[C@@H]2C[C@H](C(O)CO)[C@@H](O)[C@H]2O)c1-c1nc2c(C)nccc2s1. The Labute approximate surface area is 600 Å². The van der Waals surface area contributed by atoms with E-state index in [0.717, 1.165) is 120 Å². The Kier molecular flexibility index (Phi) is 21.2. The van der Waals surface area contributed by atoms with Gasteiger partial charge in [0.2, 0.25) is 5.95 Å². The molecule has 31 heteroatoms. The molecular weight excluding hydrogens is 1370 g/mol. The van der Waals surface area contributed by atoms with Crippen molar-refractivity contribution in [3.05, 3.63) is 83.6 Å². The summed E-state index contributed by atoms with van der Waals surface area (Å²) in [7, 11) is 0. The van der Waals surface area contributed by atoms with Crippen molar-refractivity contribution in [2.45, 2.75) is 190 Å². The normalized spacial score (nSPS) is 26.2. The van der Waals surface area contributed by atoms with Crippen molar-refractivity contribution in [1.29, 1.82) is 0 Å². The third-order valence-corrected chi connectivity index (χ3v) is 23.5. The molecule has 11 heterocycles. The largest absolute Gasteiger partial charge is 0.394 e. The summed E-state index contributed by atoms with van der Waals surface area (Å²) in [4.78, 5) is 56.2. The Bertz CT molecular complexity index is 4480. The predicted molar refractivity (Wildman–Crippen MR) is 391 cm³/mol. The maximum Gasteiger partial charge on any atom is 0.224 e. The van der Waals surface area contributed by atoms with Gasteiger partial charge < -0.3 is 70.9 Å². The van der Waals surface area contributed by atoms with Crippen LogP contribution in [0.25, 0.3) is 62.4 Å². The molecule has 2 aliphatic heterocycles. The lowest BCUT2D eigenvalue weighted by atomic mass is 9.98. The van der Waals surface area contributed by atoms with Crippen molar-refractivity contribution in [2.24, 2.45) is 23.7 Å². The van der Waals surface area contributed by atoms with Crippen LogP contribution in [0.15, 0.2) is 59.8 Å². The number of aliphatic hydroxyl groups is 6. The van der Waals surface area contributed by atoms with Gasteiger partial charge in [0.05, 0.1) is 127 Å². The fourth-order valence-corrected chi connectivity index (χ4v) is 18.3. The molecule has 9 aromatic heterocycles. The highest BCUT2D eigenvalue weighted by Gasteiger charge is 2.57.